The second kappa shape index (κ2) is 5.42. The summed E-state index contributed by atoms with van der Waals surface area (Å²) in [5.41, 5.74) is 9.44. The lowest BCUT2D eigenvalue weighted by molar-refractivity contribution is 0.0968. The van der Waals surface area contributed by atoms with Crippen LogP contribution in [0.4, 0.5) is 0 Å². The molecule has 1 aliphatic rings. The maximum absolute atomic E-state index is 12.8. The first-order valence-corrected chi connectivity index (χ1v) is 8.28. The lowest BCUT2D eigenvalue weighted by Gasteiger charge is -2.14. The molecular weight excluding hydrogens is 270 g/mol. The van der Waals surface area contributed by atoms with E-state index >= 15 is 0 Å². The van der Waals surface area contributed by atoms with Crippen molar-refractivity contribution < 1.29 is 4.79 Å². The number of benzene rings is 1. The number of carbonyl (C=O) groups excluding carboxylic acids is 1. The number of aryl methyl sites for hydroxylation is 3. The molecule has 1 heterocycles. The number of H-pyrrole nitrogens is 1. The number of aromatic amines is 1. The Hall–Kier alpha value is -1.83. The average molecular weight is 295 g/mol. The lowest BCUT2D eigenvalue weighted by Crippen LogP contribution is -2.05. The van der Waals surface area contributed by atoms with Crippen LogP contribution in [-0.2, 0) is 6.42 Å². The Labute approximate surface area is 133 Å². The van der Waals surface area contributed by atoms with Crippen molar-refractivity contribution in [1.29, 1.82) is 0 Å². The molecule has 1 aromatic heterocycles. The van der Waals surface area contributed by atoms with Crippen molar-refractivity contribution in [3.63, 3.8) is 0 Å². The quantitative estimate of drug-likeness (QED) is 0.785. The van der Waals surface area contributed by atoms with Crippen LogP contribution in [0.25, 0.3) is 11.1 Å². The van der Waals surface area contributed by atoms with Gasteiger partial charge in [-0.05, 0) is 69.2 Å². The first-order valence-electron chi connectivity index (χ1n) is 8.28. The summed E-state index contributed by atoms with van der Waals surface area (Å²) < 4.78 is 0. The highest BCUT2D eigenvalue weighted by molar-refractivity contribution is 6.07. The smallest absolute Gasteiger partial charge is 0.168 e. The van der Waals surface area contributed by atoms with Gasteiger partial charge in [0.1, 0.15) is 0 Å². The molecule has 2 heteroatoms. The number of hydrogen-bond acceptors (Lipinski definition) is 1. The third-order valence-electron chi connectivity index (χ3n) is 5.14. The summed E-state index contributed by atoms with van der Waals surface area (Å²) in [5.74, 6) is 0.589. The van der Waals surface area contributed by atoms with Gasteiger partial charge in [-0.15, -0.1) is 0 Å². The van der Waals surface area contributed by atoms with E-state index in [-0.39, 0.29) is 5.92 Å². The van der Waals surface area contributed by atoms with E-state index in [4.69, 9.17) is 0 Å². The molecule has 0 amide bonds. The van der Waals surface area contributed by atoms with Gasteiger partial charge in [0.05, 0.1) is 0 Å². The van der Waals surface area contributed by atoms with Crippen LogP contribution in [0.15, 0.2) is 12.1 Å². The van der Waals surface area contributed by atoms with Crippen LogP contribution >= 0.6 is 0 Å². The molecule has 0 aliphatic heterocycles. The molecule has 2 aromatic rings. The number of ketones is 1. The molecule has 1 saturated carbocycles. The summed E-state index contributed by atoms with van der Waals surface area (Å²) in [7, 11) is 0. The Bertz CT molecular complexity index is 748. The van der Waals surface area contributed by atoms with Crippen LogP contribution in [0.1, 0.15) is 58.2 Å². The first-order chi connectivity index (χ1) is 10.5. The average Bonchev–Trinajstić information content (AvgIpc) is 3.28. The number of nitrogens with one attached hydrogen (secondary N) is 1. The minimum Gasteiger partial charge on any atom is -0.361 e. The van der Waals surface area contributed by atoms with Crippen molar-refractivity contribution in [1.82, 2.24) is 4.98 Å². The highest BCUT2D eigenvalue weighted by Gasteiger charge is 2.34. The fourth-order valence-electron chi connectivity index (χ4n) is 3.34. The van der Waals surface area contributed by atoms with Gasteiger partial charge >= 0.3 is 0 Å². The SMILES string of the molecule is CCc1[nH]c(C)c(C(=O)C2CC2)c1-c1ccc(C)c(C)c1C. The van der Waals surface area contributed by atoms with Crippen LogP contribution in [0.5, 0.6) is 0 Å². The van der Waals surface area contributed by atoms with E-state index in [1.165, 1.54) is 27.9 Å². The van der Waals surface area contributed by atoms with Crippen LogP contribution in [0.3, 0.4) is 0 Å². The van der Waals surface area contributed by atoms with Crippen molar-refractivity contribution in [2.24, 2.45) is 5.92 Å². The maximum atomic E-state index is 12.8. The molecule has 0 bridgehead atoms. The molecule has 0 unspecified atom stereocenters. The van der Waals surface area contributed by atoms with Gasteiger partial charge in [-0.3, -0.25) is 4.79 Å². The van der Waals surface area contributed by atoms with Crippen LogP contribution in [0.2, 0.25) is 0 Å². The van der Waals surface area contributed by atoms with Crippen LogP contribution in [0, 0.1) is 33.6 Å². The van der Waals surface area contributed by atoms with Gasteiger partial charge in [0.25, 0.3) is 0 Å². The second-order valence-corrected chi connectivity index (χ2v) is 6.65. The minimum absolute atomic E-state index is 0.254. The summed E-state index contributed by atoms with van der Waals surface area (Å²) >= 11 is 0. The highest BCUT2D eigenvalue weighted by Crippen LogP contribution is 2.40. The second-order valence-electron chi connectivity index (χ2n) is 6.65. The molecule has 1 fully saturated rings. The maximum Gasteiger partial charge on any atom is 0.168 e. The molecule has 1 N–H and O–H groups in total. The molecule has 1 aliphatic carbocycles. The molecule has 0 spiro atoms. The van der Waals surface area contributed by atoms with E-state index < -0.39 is 0 Å². The molecule has 2 nitrogen and oxygen atoms in total. The normalized spacial score (nSPS) is 14.4. The third kappa shape index (κ3) is 2.31. The summed E-state index contributed by atoms with van der Waals surface area (Å²) in [6, 6.07) is 4.36. The standard InChI is InChI=1S/C20H25NO/c1-6-17-19(16-10-7-11(2)12(3)13(16)4)18(14(5)21-17)20(22)15-8-9-15/h7,10,15,21H,6,8-9H2,1-5H3. The largest absolute Gasteiger partial charge is 0.361 e. The molecule has 0 radical (unpaired) electrons. The number of hydrogen-bond donors (Lipinski definition) is 1. The van der Waals surface area contributed by atoms with Crippen molar-refractivity contribution in [2.45, 2.75) is 53.9 Å². The van der Waals surface area contributed by atoms with E-state index in [1.54, 1.807) is 0 Å². The Morgan fingerprint density at radius 3 is 2.41 bits per heavy atom. The molecule has 22 heavy (non-hydrogen) atoms. The summed E-state index contributed by atoms with van der Waals surface area (Å²) in [6.07, 6.45) is 3.02. The Balaban J connectivity index is 2.25. The zero-order chi connectivity index (χ0) is 16.0. The zero-order valence-electron chi connectivity index (χ0n) is 14.3. The molecule has 116 valence electrons. The first kappa shape index (κ1) is 15.1. The van der Waals surface area contributed by atoms with E-state index in [9.17, 15) is 4.79 Å². The molecule has 0 atom stereocenters. The van der Waals surface area contributed by atoms with Crippen molar-refractivity contribution in [2.75, 3.05) is 0 Å². The fourth-order valence-corrected chi connectivity index (χ4v) is 3.34. The van der Waals surface area contributed by atoms with Crippen LogP contribution < -0.4 is 0 Å². The topological polar surface area (TPSA) is 32.9 Å². The number of Topliss-reactive ketones (excluding diaryl/α,β-unsaturated/α-hetero) is 1. The monoisotopic (exact) mass is 295 g/mol. The molecular formula is C20H25NO. The van der Waals surface area contributed by atoms with Gasteiger partial charge in [-0.25, -0.2) is 0 Å². The van der Waals surface area contributed by atoms with Gasteiger partial charge in [-0.2, -0.15) is 0 Å². The number of carbonyl (C=O) groups is 1. The van der Waals surface area contributed by atoms with E-state index in [1.807, 2.05) is 6.92 Å². The van der Waals surface area contributed by atoms with Crippen molar-refractivity contribution in [3.05, 3.63) is 45.8 Å². The predicted molar refractivity (Wildman–Crippen MR) is 91.6 cm³/mol. The highest BCUT2D eigenvalue weighted by atomic mass is 16.1. The molecule has 0 saturated heterocycles. The van der Waals surface area contributed by atoms with Gasteiger partial charge < -0.3 is 4.98 Å². The van der Waals surface area contributed by atoms with Crippen molar-refractivity contribution >= 4 is 5.78 Å². The predicted octanol–water partition coefficient (Wildman–Crippen LogP) is 5.07. The number of rotatable bonds is 4. The summed E-state index contributed by atoms with van der Waals surface area (Å²) in [5, 5.41) is 0. The van der Waals surface area contributed by atoms with Gasteiger partial charge in [0, 0.05) is 28.4 Å². The third-order valence-corrected chi connectivity index (χ3v) is 5.14. The summed E-state index contributed by atoms with van der Waals surface area (Å²) in [6.45, 7) is 10.7. The molecule has 1 aromatic carbocycles. The van der Waals surface area contributed by atoms with Gasteiger partial charge in [0.2, 0.25) is 0 Å². The molecule has 3 rings (SSSR count). The minimum atomic E-state index is 0.254. The Morgan fingerprint density at radius 2 is 1.82 bits per heavy atom. The summed E-state index contributed by atoms with van der Waals surface area (Å²) in [4.78, 5) is 16.3. The van der Waals surface area contributed by atoms with E-state index in [0.29, 0.717) is 5.78 Å². The number of aromatic nitrogens is 1. The lowest BCUT2D eigenvalue weighted by atomic mass is 9.89. The van der Waals surface area contributed by atoms with Crippen molar-refractivity contribution in [3.8, 4) is 11.1 Å². The van der Waals surface area contributed by atoms with Gasteiger partial charge in [0.15, 0.2) is 5.78 Å². The fraction of sp³-hybridized carbons (Fsp3) is 0.450. The zero-order valence-corrected chi connectivity index (χ0v) is 14.3. The Morgan fingerprint density at radius 1 is 1.14 bits per heavy atom. The van der Waals surface area contributed by atoms with E-state index in [0.717, 1.165) is 36.1 Å². The van der Waals surface area contributed by atoms with E-state index in [2.05, 4.69) is 44.8 Å². The van der Waals surface area contributed by atoms with Gasteiger partial charge in [-0.1, -0.05) is 19.1 Å². The Kier molecular flexibility index (Phi) is 3.72. The van der Waals surface area contributed by atoms with Crippen LogP contribution in [-0.4, -0.2) is 10.8 Å².